The van der Waals surface area contributed by atoms with E-state index >= 15 is 0 Å². The minimum atomic E-state index is -4.77. The molecule has 0 bridgehead atoms. The lowest BCUT2D eigenvalue weighted by molar-refractivity contribution is -0.138. The first kappa shape index (κ1) is 20.3. The maximum Gasteiger partial charge on any atom is 0.420 e. The number of phenols is 1. The van der Waals surface area contributed by atoms with Gasteiger partial charge in [-0.3, -0.25) is 5.32 Å². The number of phenolic OH excluding ortho intramolecular Hbond substituents is 1. The van der Waals surface area contributed by atoms with E-state index in [-0.39, 0.29) is 17.0 Å². The fourth-order valence-electron chi connectivity index (χ4n) is 3.66. The van der Waals surface area contributed by atoms with Gasteiger partial charge in [0, 0.05) is 10.4 Å². The maximum atomic E-state index is 13.1. The highest BCUT2D eigenvalue weighted by molar-refractivity contribution is 9.10. The Bertz CT molecular complexity index is 1090. The summed E-state index contributed by atoms with van der Waals surface area (Å²) in [7, 11) is 0. The van der Waals surface area contributed by atoms with Gasteiger partial charge in [-0.1, -0.05) is 64.5 Å². The predicted molar refractivity (Wildman–Crippen MR) is 110 cm³/mol. The molecule has 1 amide bonds. The van der Waals surface area contributed by atoms with Crippen LogP contribution in [-0.4, -0.2) is 17.8 Å². The molecule has 3 aromatic carbocycles. The zero-order valence-electron chi connectivity index (χ0n) is 15.3. The van der Waals surface area contributed by atoms with Gasteiger partial charge in [0.15, 0.2) is 5.75 Å². The minimum absolute atomic E-state index is 0.000747. The number of hydrogen-bond donors (Lipinski definition) is 2. The zero-order valence-corrected chi connectivity index (χ0v) is 16.9. The SMILES string of the molecule is O=C(Nc1cc(Br)cc(C(F)(F)F)c1O)OCC1c2ccccc2-c2ccccc21. The van der Waals surface area contributed by atoms with Crippen molar-refractivity contribution in [3.05, 3.63) is 81.8 Å². The van der Waals surface area contributed by atoms with Crippen LogP contribution in [0.25, 0.3) is 11.1 Å². The molecule has 0 radical (unpaired) electrons. The average Bonchev–Trinajstić information content (AvgIpc) is 3.02. The topological polar surface area (TPSA) is 58.6 Å². The van der Waals surface area contributed by atoms with Crippen molar-refractivity contribution in [1.82, 2.24) is 0 Å². The fraction of sp³-hybridized carbons (Fsp3) is 0.136. The Morgan fingerprint density at radius 3 is 2.17 bits per heavy atom. The molecule has 154 valence electrons. The number of anilines is 1. The average molecular weight is 478 g/mol. The van der Waals surface area contributed by atoms with Crippen LogP contribution in [0.3, 0.4) is 0 Å². The Balaban J connectivity index is 1.52. The molecule has 4 rings (SSSR count). The summed E-state index contributed by atoms with van der Waals surface area (Å²) in [6, 6.07) is 17.5. The normalized spacial score (nSPS) is 12.9. The molecule has 0 heterocycles. The molecule has 0 saturated heterocycles. The number of carbonyl (C=O) groups excluding carboxylic acids is 1. The van der Waals surface area contributed by atoms with Gasteiger partial charge in [0.25, 0.3) is 0 Å². The van der Waals surface area contributed by atoms with Crippen molar-refractivity contribution < 1.29 is 27.8 Å². The second-order valence-electron chi connectivity index (χ2n) is 6.80. The number of nitrogens with one attached hydrogen (secondary N) is 1. The Morgan fingerprint density at radius 1 is 1.03 bits per heavy atom. The van der Waals surface area contributed by atoms with E-state index in [1.165, 1.54) is 6.07 Å². The first-order valence-corrected chi connectivity index (χ1v) is 9.76. The number of aromatic hydroxyl groups is 1. The van der Waals surface area contributed by atoms with E-state index in [4.69, 9.17) is 4.74 Å². The molecule has 0 fully saturated rings. The Morgan fingerprint density at radius 2 is 1.60 bits per heavy atom. The van der Waals surface area contributed by atoms with Crippen LogP contribution in [0.4, 0.5) is 23.7 Å². The lowest BCUT2D eigenvalue weighted by Gasteiger charge is -2.16. The smallest absolute Gasteiger partial charge is 0.420 e. The van der Waals surface area contributed by atoms with Gasteiger partial charge in [-0.2, -0.15) is 13.2 Å². The van der Waals surface area contributed by atoms with Gasteiger partial charge in [-0.05, 0) is 34.4 Å². The summed E-state index contributed by atoms with van der Waals surface area (Å²) < 4.78 is 44.5. The summed E-state index contributed by atoms with van der Waals surface area (Å²) in [6.07, 6.45) is -5.73. The molecule has 4 nitrogen and oxygen atoms in total. The molecule has 0 aromatic heterocycles. The zero-order chi connectivity index (χ0) is 21.5. The highest BCUT2D eigenvalue weighted by Gasteiger charge is 2.36. The third-order valence-corrected chi connectivity index (χ3v) is 5.42. The van der Waals surface area contributed by atoms with Gasteiger partial charge in [-0.25, -0.2) is 4.79 Å². The van der Waals surface area contributed by atoms with E-state index in [9.17, 15) is 23.1 Å². The maximum absolute atomic E-state index is 13.1. The van der Waals surface area contributed by atoms with Crippen molar-refractivity contribution in [2.24, 2.45) is 0 Å². The van der Waals surface area contributed by atoms with Crippen LogP contribution < -0.4 is 5.32 Å². The monoisotopic (exact) mass is 477 g/mol. The van der Waals surface area contributed by atoms with Gasteiger partial charge >= 0.3 is 12.3 Å². The number of amides is 1. The third-order valence-electron chi connectivity index (χ3n) is 4.96. The summed E-state index contributed by atoms with van der Waals surface area (Å²) >= 11 is 2.96. The highest BCUT2D eigenvalue weighted by Crippen LogP contribution is 2.45. The number of carbonyl (C=O) groups is 1. The van der Waals surface area contributed by atoms with Crippen molar-refractivity contribution in [2.75, 3.05) is 11.9 Å². The predicted octanol–water partition coefficient (Wildman–Crippen LogP) is 6.53. The molecule has 0 unspecified atom stereocenters. The largest absolute Gasteiger partial charge is 0.505 e. The van der Waals surface area contributed by atoms with Crippen molar-refractivity contribution in [3.63, 3.8) is 0 Å². The van der Waals surface area contributed by atoms with Gasteiger partial charge < -0.3 is 9.84 Å². The first-order valence-electron chi connectivity index (χ1n) is 8.97. The first-order chi connectivity index (χ1) is 14.3. The molecule has 0 saturated carbocycles. The number of ether oxygens (including phenoxy) is 1. The summed E-state index contributed by atoms with van der Waals surface area (Å²) in [5.74, 6) is -1.26. The Hall–Kier alpha value is -3.00. The second kappa shape index (κ2) is 7.68. The molecule has 2 N–H and O–H groups in total. The lowest BCUT2D eigenvalue weighted by Crippen LogP contribution is -2.18. The number of hydrogen-bond acceptors (Lipinski definition) is 3. The molecule has 3 aromatic rings. The van der Waals surface area contributed by atoms with Crippen LogP contribution in [-0.2, 0) is 10.9 Å². The quantitative estimate of drug-likeness (QED) is 0.421. The molecule has 1 aliphatic carbocycles. The number of alkyl halides is 3. The van der Waals surface area contributed by atoms with Gasteiger partial charge in [0.2, 0.25) is 0 Å². The number of halogens is 4. The molecule has 0 atom stereocenters. The van der Waals surface area contributed by atoms with Crippen molar-refractivity contribution in [1.29, 1.82) is 0 Å². The van der Waals surface area contributed by atoms with Crippen molar-refractivity contribution in [3.8, 4) is 16.9 Å². The molecule has 8 heteroatoms. The van der Waals surface area contributed by atoms with E-state index in [1.807, 2.05) is 48.5 Å². The highest BCUT2D eigenvalue weighted by atomic mass is 79.9. The van der Waals surface area contributed by atoms with Crippen LogP contribution >= 0.6 is 15.9 Å². The van der Waals surface area contributed by atoms with Gasteiger partial charge in [0.05, 0.1) is 5.69 Å². The number of benzene rings is 3. The van der Waals surface area contributed by atoms with E-state index in [1.54, 1.807) is 0 Å². The Labute approximate surface area is 178 Å². The summed E-state index contributed by atoms with van der Waals surface area (Å²) in [5, 5.41) is 12.1. The number of rotatable bonds is 3. The fourth-order valence-corrected chi connectivity index (χ4v) is 4.11. The standard InChI is InChI=1S/C22H15BrF3NO3/c23-12-9-18(22(24,25)26)20(28)19(10-12)27-21(29)30-11-17-15-7-3-1-5-13(15)14-6-2-4-8-16(14)17/h1-10,17,28H,11H2,(H,27,29). The molecular formula is C22H15BrF3NO3. The van der Waals surface area contributed by atoms with E-state index in [0.29, 0.717) is 0 Å². The Kier molecular flexibility index (Phi) is 5.19. The van der Waals surface area contributed by atoms with Crippen LogP contribution in [0.2, 0.25) is 0 Å². The summed E-state index contributed by atoms with van der Waals surface area (Å²) in [4.78, 5) is 12.3. The van der Waals surface area contributed by atoms with Crippen LogP contribution in [0.5, 0.6) is 5.75 Å². The summed E-state index contributed by atoms with van der Waals surface area (Å²) in [5.41, 5.74) is 2.48. The van der Waals surface area contributed by atoms with Crippen LogP contribution in [0, 0.1) is 0 Å². The molecule has 30 heavy (non-hydrogen) atoms. The molecule has 0 aliphatic heterocycles. The van der Waals surface area contributed by atoms with Crippen molar-refractivity contribution in [2.45, 2.75) is 12.1 Å². The minimum Gasteiger partial charge on any atom is -0.505 e. The summed E-state index contributed by atoms with van der Waals surface area (Å²) in [6.45, 7) is 0.000747. The molecular weight excluding hydrogens is 463 g/mol. The lowest BCUT2D eigenvalue weighted by atomic mass is 9.98. The van der Waals surface area contributed by atoms with Crippen molar-refractivity contribution >= 4 is 27.7 Å². The molecule has 1 aliphatic rings. The number of fused-ring (bicyclic) bond motifs is 3. The van der Waals surface area contributed by atoms with Gasteiger partial charge in [-0.15, -0.1) is 0 Å². The second-order valence-corrected chi connectivity index (χ2v) is 7.71. The van der Waals surface area contributed by atoms with Crippen LogP contribution in [0.1, 0.15) is 22.6 Å². The van der Waals surface area contributed by atoms with E-state index in [0.717, 1.165) is 28.3 Å². The van der Waals surface area contributed by atoms with E-state index in [2.05, 4.69) is 21.2 Å². The molecule has 0 spiro atoms. The van der Waals surface area contributed by atoms with Crippen LogP contribution in [0.15, 0.2) is 65.1 Å². The van der Waals surface area contributed by atoms with Gasteiger partial charge in [0.1, 0.15) is 12.2 Å². The van der Waals surface area contributed by atoms with E-state index < -0.39 is 29.3 Å². The third kappa shape index (κ3) is 3.75.